The van der Waals surface area contributed by atoms with Crippen LogP contribution in [0.15, 0.2) is 28.7 Å². The first-order chi connectivity index (χ1) is 9.01. The molecule has 1 heterocycles. The van der Waals surface area contributed by atoms with Crippen molar-refractivity contribution < 1.29 is 0 Å². The van der Waals surface area contributed by atoms with E-state index in [9.17, 15) is 0 Å². The highest BCUT2D eigenvalue weighted by molar-refractivity contribution is 9.10. The molecule has 0 aliphatic carbocycles. The summed E-state index contributed by atoms with van der Waals surface area (Å²) in [4.78, 5) is 0. The summed E-state index contributed by atoms with van der Waals surface area (Å²) < 4.78 is 2.95. The monoisotopic (exact) mass is 341 g/mol. The third-order valence-electron chi connectivity index (χ3n) is 3.08. The van der Waals surface area contributed by atoms with Crippen molar-refractivity contribution in [3.63, 3.8) is 0 Å². The molecule has 0 saturated carbocycles. The van der Waals surface area contributed by atoms with E-state index in [-0.39, 0.29) is 6.04 Å². The highest BCUT2D eigenvalue weighted by Crippen LogP contribution is 2.27. The van der Waals surface area contributed by atoms with Crippen LogP contribution in [0, 0.1) is 6.92 Å². The van der Waals surface area contributed by atoms with Crippen molar-refractivity contribution in [1.29, 1.82) is 0 Å². The number of hydrogen-bond donors (Lipinski definition) is 1. The molecule has 0 fully saturated rings. The lowest BCUT2D eigenvalue weighted by Crippen LogP contribution is -2.16. The Bertz CT molecular complexity index is 580. The zero-order chi connectivity index (χ0) is 14.0. The normalized spacial score (nSPS) is 12.7. The summed E-state index contributed by atoms with van der Waals surface area (Å²) >= 11 is 9.46. The number of hydrogen-bond acceptors (Lipinski definition) is 2. The molecular weight excluding hydrogens is 326 g/mol. The third-order valence-corrected chi connectivity index (χ3v) is 4.00. The first kappa shape index (κ1) is 14.6. The largest absolute Gasteiger partial charge is 0.324 e. The van der Waals surface area contributed by atoms with E-state index in [4.69, 9.17) is 17.3 Å². The van der Waals surface area contributed by atoms with Crippen LogP contribution < -0.4 is 5.73 Å². The Balaban J connectivity index is 2.22. The van der Waals surface area contributed by atoms with Crippen LogP contribution in [0.25, 0.3) is 0 Å². The minimum Gasteiger partial charge on any atom is -0.324 e. The standard InChI is InChI=1S/C14H17BrClN3/c1-3-19-11(6-9(2)18-19)8-14(17)12-5-4-10(16)7-13(12)15/h4-7,14H,3,8,17H2,1-2H3. The van der Waals surface area contributed by atoms with Crippen molar-refractivity contribution >= 4 is 27.5 Å². The molecular formula is C14H17BrClN3. The van der Waals surface area contributed by atoms with Gasteiger partial charge in [-0.25, -0.2) is 0 Å². The maximum absolute atomic E-state index is 6.30. The van der Waals surface area contributed by atoms with Gasteiger partial charge in [0.05, 0.1) is 5.69 Å². The summed E-state index contributed by atoms with van der Waals surface area (Å²) in [6.07, 6.45) is 0.759. The second-order valence-electron chi connectivity index (χ2n) is 4.57. The molecule has 2 N–H and O–H groups in total. The Labute approximate surface area is 126 Å². The molecule has 102 valence electrons. The van der Waals surface area contributed by atoms with Gasteiger partial charge in [0.1, 0.15) is 0 Å². The van der Waals surface area contributed by atoms with Crippen LogP contribution in [0.5, 0.6) is 0 Å². The summed E-state index contributed by atoms with van der Waals surface area (Å²) in [6.45, 7) is 4.94. The van der Waals surface area contributed by atoms with Crippen molar-refractivity contribution in [2.45, 2.75) is 32.9 Å². The lowest BCUT2D eigenvalue weighted by molar-refractivity contribution is 0.586. The fourth-order valence-electron chi connectivity index (χ4n) is 2.17. The van der Waals surface area contributed by atoms with Gasteiger partial charge in [-0.1, -0.05) is 33.6 Å². The van der Waals surface area contributed by atoms with Gasteiger partial charge in [0, 0.05) is 34.2 Å². The highest BCUT2D eigenvalue weighted by Gasteiger charge is 2.14. The number of benzene rings is 1. The number of aryl methyl sites for hydroxylation is 2. The van der Waals surface area contributed by atoms with Gasteiger partial charge in [-0.3, -0.25) is 4.68 Å². The van der Waals surface area contributed by atoms with Crippen LogP contribution in [0.1, 0.15) is 29.9 Å². The molecule has 1 aromatic heterocycles. The number of aromatic nitrogens is 2. The van der Waals surface area contributed by atoms with Gasteiger partial charge in [-0.15, -0.1) is 0 Å². The van der Waals surface area contributed by atoms with E-state index in [2.05, 4.69) is 34.0 Å². The van der Waals surface area contributed by atoms with E-state index in [1.807, 2.05) is 29.8 Å². The molecule has 1 unspecified atom stereocenters. The van der Waals surface area contributed by atoms with Crippen molar-refractivity contribution in [3.8, 4) is 0 Å². The highest BCUT2D eigenvalue weighted by atomic mass is 79.9. The molecule has 0 spiro atoms. The van der Waals surface area contributed by atoms with Crippen LogP contribution in [-0.2, 0) is 13.0 Å². The van der Waals surface area contributed by atoms with Crippen LogP contribution >= 0.6 is 27.5 Å². The van der Waals surface area contributed by atoms with Crippen molar-refractivity contribution in [3.05, 3.63) is 50.7 Å². The molecule has 0 amide bonds. The van der Waals surface area contributed by atoms with Gasteiger partial charge in [0.15, 0.2) is 0 Å². The van der Waals surface area contributed by atoms with Gasteiger partial charge < -0.3 is 5.73 Å². The smallest absolute Gasteiger partial charge is 0.0596 e. The first-order valence-electron chi connectivity index (χ1n) is 6.25. The van der Waals surface area contributed by atoms with E-state index < -0.39 is 0 Å². The molecule has 3 nitrogen and oxygen atoms in total. The molecule has 0 aliphatic rings. The third kappa shape index (κ3) is 3.38. The zero-order valence-corrected chi connectivity index (χ0v) is 13.4. The van der Waals surface area contributed by atoms with Crippen LogP contribution in [0.2, 0.25) is 5.02 Å². The summed E-state index contributed by atoms with van der Waals surface area (Å²) in [5.74, 6) is 0. The van der Waals surface area contributed by atoms with E-state index in [0.29, 0.717) is 5.02 Å². The molecule has 2 rings (SSSR count). The molecule has 0 bridgehead atoms. The molecule has 1 aromatic carbocycles. The number of nitrogens with zero attached hydrogens (tertiary/aromatic N) is 2. The SMILES string of the molecule is CCn1nc(C)cc1CC(N)c1ccc(Cl)cc1Br. The topological polar surface area (TPSA) is 43.8 Å². The summed E-state index contributed by atoms with van der Waals surface area (Å²) in [7, 11) is 0. The fourth-order valence-corrected chi connectivity index (χ4v) is 3.15. The van der Waals surface area contributed by atoms with Gasteiger partial charge in [0.2, 0.25) is 0 Å². The Morgan fingerprint density at radius 2 is 2.16 bits per heavy atom. The van der Waals surface area contributed by atoms with Crippen LogP contribution in [0.3, 0.4) is 0 Å². The minimum absolute atomic E-state index is 0.0759. The van der Waals surface area contributed by atoms with E-state index in [0.717, 1.165) is 34.4 Å². The number of nitrogens with two attached hydrogens (primary N) is 1. The maximum atomic E-state index is 6.30. The Kier molecular flexibility index (Phi) is 4.66. The molecule has 0 saturated heterocycles. The van der Waals surface area contributed by atoms with Gasteiger partial charge in [0.25, 0.3) is 0 Å². The van der Waals surface area contributed by atoms with Crippen molar-refractivity contribution in [2.75, 3.05) is 0 Å². The van der Waals surface area contributed by atoms with Crippen molar-refractivity contribution in [2.24, 2.45) is 5.73 Å². The quantitative estimate of drug-likeness (QED) is 0.916. The fraction of sp³-hybridized carbons (Fsp3) is 0.357. The molecule has 19 heavy (non-hydrogen) atoms. The van der Waals surface area contributed by atoms with E-state index in [1.165, 1.54) is 0 Å². The Morgan fingerprint density at radius 3 is 2.79 bits per heavy atom. The number of halogens is 2. The first-order valence-corrected chi connectivity index (χ1v) is 7.42. The van der Waals surface area contributed by atoms with Gasteiger partial charge in [-0.05, 0) is 37.6 Å². The molecule has 0 aliphatic heterocycles. The predicted octanol–water partition coefficient (Wildman–Crippen LogP) is 3.87. The minimum atomic E-state index is -0.0759. The second kappa shape index (κ2) is 6.07. The van der Waals surface area contributed by atoms with Gasteiger partial charge >= 0.3 is 0 Å². The summed E-state index contributed by atoms with van der Waals surface area (Å²) in [5.41, 5.74) is 9.55. The number of rotatable bonds is 4. The summed E-state index contributed by atoms with van der Waals surface area (Å²) in [5, 5.41) is 5.15. The average molecular weight is 343 g/mol. The Morgan fingerprint density at radius 1 is 1.42 bits per heavy atom. The lowest BCUT2D eigenvalue weighted by atomic mass is 10.0. The molecule has 0 radical (unpaired) electrons. The van der Waals surface area contributed by atoms with Crippen LogP contribution in [0.4, 0.5) is 0 Å². The van der Waals surface area contributed by atoms with Crippen LogP contribution in [-0.4, -0.2) is 9.78 Å². The molecule has 5 heteroatoms. The zero-order valence-electron chi connectivity index (χ0n) is 11.0. The Hall–Kier alpha value is -0.840. The maximum Gasteiger partial charge on any atom is 0.0596 e. The summed E-state index contributed by atoms with van der Waals surface area (Å²) in [6, 6.07) is 7.72. The molecule has 1 atom stereocenters. The van der Waals surface area contributed by atoms with E-state index in [1.54, 1.807) is 0 Å². The van der Waals surface area contributed by atoms with E-state index >= 15 is 0 Å². The predicted molar refractivity (Wildman–Crippen MR) is 82.4 cm³/mol. The second-order valence-corrected chi connectivity index (χ2v) is 5.86. The average Bonchev–Trinajstić information content (AvgIpc) is 2.69. The lowest BCUT2D eigenvalue weighted by Gasteiger charge is -2.15. The van der Waals surface area contributed by atoms with Gasteiger partial charge in [-0.2, -0.15) is 5.10 Å². The molecule has 2 aromatic rings. The van der Waals surface area contributed by atoms with Crippen molar-refractivity contribution in [1.82, 2.24) is 9.78 Å².